The number of carbonyl (C=O) groups excluding carboxylic acids is 1. The molecule has 0 aromatic rings. The van der Waals surface area contributed by atoms with Crippen LogP contribution in [0.3, 0.4) is 0 Å². The summed E-state index contributed by atoms with van der Waals surface area (Å²) in [6.07, 6.45) is -2.27. The molecule has 0 aromatic carbocycles. The maximum Gasteiger partial charge on any atom is 0.255 e. The summed E-state index contributed by atoms with van der Waals surface area (Å²) in [6, 6.07) is 0. The smallest absolute Gasteiger partial charge is 0.255 e. The SMILES string of the molecule is CCOC1CC(N)(C(=O)N(C)CC(F)F)C1(C)C. The molecule has 0 aliphatic heterocycles. The number of rotatable bonds is 5. The van der Waals surface area contributed by atoms with Crippen LogP contribution in [0.25, 0.3) is 0 Å². The fraction of sp³-hybridized carbons (Fsp3) is 0.917. The van der Waals surface area contributed by atoms with Crippen molar-refractivity contribution < 1.29 is 18.3 Å². The predicted molar refractivity (Wildman–Crippen MR) is 64.4 cm³/mol. The van der Waals surface area contributed by atoms with Crippen molar-refractivity contribution >= 4 is 5.91 Å². The van der Waals surface area contributed by atoms with Crippen molar-refractivity contribution in [2.75, 3.05) is 20.2 Å². The molecule has 2 unspecified atom stereocenters. The van der Waals surface area contributed by atoms with E-state index in [0.717, 1.165) is 4.90 Å². The normalized spacial score (nSPS) is 30.1. The van der Waals surface area contributed by atoms with E-state index in [1.807, 2.05) is 20.8 Å². The summed E-state index contributed by atoms with van der Waals surface area (Å²) < 4.78 is 30.1. The van der Waals surface area contributed by atoms with Crippen LogP contribution < -0.4 is 5.73 Å². The molecule has 1 rings (SSSR count). The number of nitrogens with zero attached hydrogens (tertiary/aromatic N) is 1. The first-order valence-corrected chi connectivity index (χ1v) is 6.11. The Hall–Kier alpha value is -0.750. The Kier molecular flexibility index (Phi) is 4.33. The first-order valence-electron chi connectivity index (χ1n) is 6.11. The van der Waals surface area contributed by atoms with Gasteiger partial charge in [0.2, 0.25) is 5.91 Å². The highest BCUT2D eigenvalue weighted by Crippen LogP contribution is 2.50. The quantitative estimate of drug-likeness (QED) is 0.813. The second-order valence-electron chi connectivity index (χ2n) is 5.42. The Balaban J connectivity index is 2.74. The Bertz CT molecular complexity index is 323. The van der Waals surface area contributed by atoms with E-state index in [1.54, 1.807) is 0 Å². The summed E-state index contributed by atoms with van der Waals surface area (Å²) in [6.45, 7) is 5.51. The minimum atomic E-state index is -2.55. The highest BCUT2D eigenvalue weighted by molar-refractivity contribution is 5.88. The van der Waals surface area contributed by atoms with Crippen molar-refractivity contribution in [3.63, 3.8) is 0 Å². The third kappa shape index (κ3) is 2.36. The molecule has 1 fully saturated rings. The van der Waals surface area contributed by atoms with Crippen molar-refractivity contribution in [3.05, 3.63) is 0 Å². The molecule has 1 aliphatic carbocycles. The number of hydrogen-bond acceptors (Lipinski definition) is 3. The van der Waals surface area contributed by atoms with E-state index in [4.69, 9.17) is 10.5 Å². The molecule has 0 saturated heterocycles. The molecule has 1 aliphatic rings. The monoisotopic (exact) mass is 264 g/mol. The fourth-order valence-corrected chi connectivity index (χ4v) is 2.43. The largest absolute Gasteiger partial charge is 0.378 e. The minimum Gasteiger partial charge on any atom is -0.378 e. The zero-order valence-electron chi connectivity index (χ0n) is 11.4. The average molecular weight is 264 g/mol. The van der Waals surface area contributed by atoms with Crippen molar-refractivity contribution in [3.8, 4) is 0 Å². The topological polar surface area (TPSA) is 55.6 Å². The lowest BCUT2D eigenvalue weighted by Gasteiger charge is -2.58. The summed E-state index contributed by atoms with van der Waals surface area (Å²) in [4.78, 5) is 13.2. The molecule has 0 radical (unpaired) electrons. The average Bonchev–Trinajstić information content (AvgIpc) is 2.26. The van der Waals surface area contributed by atoms with Crippen LogP contribution in [0.5, 0.6) is 0 Å². The number of alkyl halides is 2. The van der Waals surface area contributed by atoms with Crippen molar-refractivity contribution in [1.82, 2.24) is 4.90 Å². The second-order valence-corrected chi connectivity index (χ2v) is 5.42. The third-order valence-electron chi connectivity index (χ3n) is 3.97. The Morgan fingerprint density at radius 2 is 2.11 bits per heavy atom. The molecule has 106 valence electrons. The van der Waals surface area contributed by atoms with Crippen molar-refractivity contribution in [2.45, 2.75) is 45.3 Å². The number of likely N-dealkylation sites (N-methyl/N-ethyl adjacent to an activating group) is 1. The van der Waals surface area contributed by atoms with Gasteiger partial charge in [0.05, 0.1) is 12.6 Å². The van der Waals surface area contributed by atoms with Crippen LogP contribution in [0.4, 0.5) is 8.78 Å². The molecule has 2 N–H and O–H groups in total. The van der Waals surface area contributed by atoms with Crippen LogP contribution in [-0.4, -0.2) is 49.1 Å². The lowest BCUT2D eigenvalue weighted by Crippen LogP contribution is -2.75. The van der Waals surface area contributed by atoms with Crippen molar-refractivity contribution in [1.29, 1.82) is 0 Å². The molecule has 4 nitrogen and oxygen atoms in total. The van der Waals surface area contributed by atoms with E-state index in [2.05, 4.69) is 0 Å². The molecule has 1 saturated carbocycles. The van der Waals surface area contributed by atoms with Crippen LogP contribution in [0, 0.1) is 5.41 Å². The number of ether oxygens (including phenoxy) is 1. The van der Waals surface area contributed by atoms with E-state index >= 15 is 0 Å². The van der Waals surface area contributed by atoms with Gasteiger partial charge in [-0.2, -0.15) is 0 Å². The van der Waals surface area contributed by atoms with Crippen LogP contribution >= 0.6 is 0 Å². The molecule has 0 bridgehead atoms. The van der Waals surface area contributed by atoms with Gasteiger partial charge in [-0.15, -0.1) is 0 Å². The van der Waals surface area contributed by atoms with Gasteiger partial charge in [0.25, 0.3) is 6.43 Å². The standard InChI is InChI=1S/C12H22F2N2O2/c1-5-18-8-6-12(15,11(8,2)3)10(17)16(4)7-9(13)14/h8-9H,5-7,15H2,1-4H3. The first-order chi connectivity index (χ1) is 8.16. The van der Waals surface area contributed by atoms with Gasteiger partial charge in [0, 0.05) is 25.5 Å². The lowest BCUT2D eigenvalue weighted by molar-refractivity contribution is -0.179. The summed E-state index contributed by atoms with van der Waals surface area (Å²) in [7, 11) is 1.35. The fourth-order valence-electron chi connectivity index (χ4n) is 2.43. The van der Waals surface area contributed by atoms with Gasteiger partial charge in [-0.25, -0.2) is 8.78 Å². The van der Waals surface area contributed by atoms with Crippen LogP contribution in [0.2, 0.25) is 0 Å². The van der Waals surface area contributed by atoms with Crippen LogP contribution in [0.1, 0.15) is 27.2 Å². The predicted octanol–water partition coefficient (Wildman–Crippen LogP) is 1.24. The number of halogens is 2. The molecule has 6 heteroatoms. The van der Waals surface area contributed by atoms with Gasteiger partial charge in [-0.3, -0.25) is 4.79 Å². The van der Waals surface area contributed by atoms with Crippen LogP contribution in [-0.2, 0) is 9.53 Å². The van der Waals surface area contributed by atoms with Gasteiger partial charge in [-0.05, 0) is 6.92 Å². The third-order valence-corrected chi connectivity index (χ3v) is 3.97. The van der Waals surface area contributed by atoms with Crippen molar-refractivity contribution in [2.24, 2.45) is 11.1 Å². The number of amides is 1. The van der Waals surface area contributed by atoms with E-state index in [0.29, 0.717) is 13.0 Å². The number of nitrogens with two attached hydrogens (primary N) is 1. The van der Waals surface area contributed by atoms with E-state index < -0.39 is 29.8 Å². The van der Waals surface area contributed by atoms with E-state index in [1.165, 1.54) is 7.05 Å². The summed E-state index contributed by atoms with van der Waals surface area (Å²) in [5.41, 5.74) is 4.45. The summed E-state index contributed by atoms with van der Waals surface area (Å²) >= 11 is 0. The van der Waals surface area contributed by atoms with Gasteiger partial charge < -0.3 is 15.4 Å². The van der Waals surface area contributed by atoms with Crippen LogP contribution in [0.15, 0.2) is 0 Å². The molecular weight excluding hydrogens is 242 g/mol. The summed E-state index contributed by atoms with van der Waals surface area (Å²) in [5, 5.41) is 0. The first kappa shape index (κ1) is 15.3. The minimum absolute atomic E-state index is 0.101. The molecule has 0 aromatic heterocycles. The second kappa shape index (κ2) is 5.09. The van der Waals surface area contributed by atoms with Gasteiger partial charge in [-0.1, -0.05) is 13.8 Å². The number of hydrogen-bond donors (Lipinski definition) is 1. The molecule has 1 amide bonds. The number of carbonyl (C=O) groups is 1. The van der Waals surface area contributed by atoms with Gasteiger partial charge in [0.15, 0.2) is 0 Å². The lowest BCUT2D eigenvalue weighted by atomic mass is 9.54. The highest BCUT2D eigenvalue weighted by Gasteiger charge is 2.63. The Morgan fingerprint density at radius 1 is 1.56 bits per heavy atom. The zero-order chi connectivity index (χ0) is 14.1. The van der Waals surface area contributed by atoms with Gasteiger partial charge in [0.1, 0.15) is 5.54 Å². The van der Waals surface area contributed by atoms with E-state index in [-0.39, 0.29) is 6.10 Å². The summed E-state index contributed by atoms with van der Waals surface area (Å²) in [5.74, 6) is -0.441. The molecule has 2 atom stereocenters. The maximum atomic E-state index is 12.3. The molecule has 0 heterocycles. The Morgan fingerprint density at radius 3 is 2.50 bits per heavy atom. The molecule has 0 spiro atoms. The van der Waals surface area contributed by atoms with Gasteiger partial charge >= 0.3 is 0 Å². The maximum absolute atomic E-state index is 12.3. The highest BCUT2D eigenvalue weighted by atomic mass is 19.3. The molecular formula is C12H22F2N2O2. The van der Waals surface area contributed by atoms with E-state index in [9.17, 15) is 13.6 Å². The molecule has 18 heavy (non-hydrogen) atoms. The zero-order valence-corrected chi connectivity index (χ0v) is 11.4. The Labute approximate surface area is 106 Å².